The molecule has 372 valence electrons. The van der Waals surface area contributed by atoms with Crippen LogP contribution in [0.2, 0.25) is 0 Å². The third-order valence-corrected chi connectivity index (χ3v) is 13.6. The Morgan fingerprint density at radius 3 is 2.06 bits per heavy atom. The number of nitrogens with one attached hydrogen (secondary N) is 3. The third-order valence-electron chi connectivity index (χ3n) is 13.6. The van der Waals surface area contributed by atoms with Crippen LogP contribution in [0, 0.1) is 16.7 Å². The summed E-state index contributed by atoms with van der Waals surface area (Å²) in [5.41, 5.74) is -10.1. The number of aliphatic hydroxyl groups excluding tert-OH is 3. The van der Waals surface area contributed by atoms with E-state index in [1.54, 1.807) is 83.1 Å². The molecule has 0 spiro atoms. The van der Waals surface area contributed by atoms with Gasteiger partial charge in [0.05, 0.1) is 35.6 Å². The van der Waals surface area contributed by atoms with Crippen molar-refractivity contribution in [3.05, 3.63) is 116 Å². The zero-order chi connectivity index (χ0) is 51.2. The van der Waals surface area contributed by atoms with Crippen molar-refractivity contribution in [2.45, 2.75) is 128 Å². The van der Waals surface area contributed by atoms with Crippen molar-refractivity contribution in [2.75, 3.05) is 6.61 Å². The Morgan fingerprint density at radius 2 is 1.52 bits per heavy atom. The first-order chi connectivity index (χ1) is 32.1. The predicted molar refractivity (Wildman–Crippen MR) is 238 cm³/mol. The van der Waals surface area contributed by atoms with Crippen molar-refractivity contribution in [3.8, 4) is 0 Å². The number of carboxylic acid groups (broad SMARTS) is 1. The largest absolute Gasteiger partial charge is 0.477 e. The average Bonchev–Trinajstić information content (AvgIpc) is 3.26. The second-order valence-corrected chi connectivity index (χ2v) is 19.4. The topological polar surface area (TPSA) is 327 Å². The number of rotatable bonds is 9. The summed E-state index contributed by atoms with van der Waals surface area (Å²) >= 11 is 0. The van der Waals surface area contributed by atoms with Crippen LogP contribution in [0.1, 0.15) is 101 Å². The summed E-state index contributed by atoms with van der Waals surface area (Å²) in [5, 5.41) is 59.9. The molecule has 1 aromatic heterocycles. The third kappa shape index (κ3) is 9.73. The fourth-order valence-electron chi connectivity index (χ4n) is 10.1. The van der Waals surface area contributed by atoms with Gasteiger partial charge in [-0.15, -0.1) is 0 Å². The number of ether oxygens (including phenoxy) is 5. The van der Waals surface area contributed by atoms with E-state index >= 15 is 0 Å². The van der Waals surface area contributed by atoms with E-state index < -0.39 is 135 Å². The van der Waals surface area contributed by atoms with E-state index in [4.69, 9.17) is 28.8 Å². The predicted octanol–water partition coefficient (Wildman–Crippen LogP) is 2.02. The number of aliphatic hydroxyl groups is 4. The zero-order valence-corrected chi connectivity index (χ0v) is 39.1. The molecule has 3 fully saturated rings. The van der Waals surface area contributed by atoms with Crippen molar-refractivity contribution in [2.24, 2.45) is 16.7 Å². The SMILES string of the molecule is CC(=O)O[C@@]12CO[C@@H]1C[C@H](O)[C@@]1(C)C(=O)[C@H](O)C3=C(C)[C@@H](OC(=O)[C@H](O)[C@@H](NC(=O)OC(C)(C)C)c4ccccc4)C[C@@](O)([C@@H](OC(=O)c4ccccc4)[C@H]21)C3(C)C.O=C(O)c1cc(=O)[nH]c(=O)[nH]1. The Kier molecular flexibility index (Phi) is 14.4. The highest BCUT2D eigenvalue weighted by atomic mass is 16.6. The highest BCUT2D eigenvalue weighted by Gasteiger charge is 2.78. The van der Waals surface area contributed by atoms with Crippen molar-refractivity contribution in [1.82, 2.24) is 15.3 Å². The lowest BCUT2D eigenvalue weighted by molar-refractivity contribution is -0.346. The molecule has 1 saturated heterocycles. The van der Waals surface area contributed by atoms with Gasteiger partial charge in [-0.25, -0.2) is 24.0 Å². The molecule has 0 radical (unpaired) electrons. The Bertz CT molecular complexity index is 2610. The van der Waals surface area contributed by atoms with Gasteiger partial charge in [0.2, 0.25) is 0 Å². The van der Waals surface area contributed by atoms with E-state index in [0.717, 1.165) is 13.0 Å². The van der Waals surface area contributed by atoms with Gasteiger partial charge in [-0.3, -0.25) is 19.4 Å². The highest BCUT2D eigenvalue weighted by Crippen LogP contribution is 2.64. The van der Waals surface area contributed by atoms with Gasteiger partial charge in [0, 0.05) is 31.2 Å². The van der Waals surface area contributed by atoms with Crippen molar-refractivity contribution < 1.29 is 78.0 Å². The number of amides is 1. The molecule has 1 aliphatic heterocycles. The first kappa shape index (κ1) is 51.9. The molecule has 0 unspecified atom stereocenters. The number of carboxylic acids is 1. The van der Waals surface area contributed by atoms with Gasteiger partial charge < -0.3 is 59.5 Å². The number of fused-ring (bicyclic) bond motifs is 5. The number of hydrogen-bond acceptors (Lipinski definition) is 17. The molecule has 2 heterocycles. The zero-order valence-electron chi connectivity index (χ0n) is 39.1. The van der Waals surface area contributed by atoms with Crippen LogP contribution in [-0.4, -0.2) is 131 Å². The molecule has 69 heavy (non-hydrogen) atoms. The fourth-order valence-corrected chi connectivity index (χ4v) is 10.1. The molecule has 8 N–H and O–H groups in total. The number of aromatic carboxylic acids is 1. The molecule has 7 rings (SSSR count). The summed E-state index contributed by atoms with van der Waals surface area (Å²) in [7, 11) is 0. The summed E-state index contributed by atoms with van der Waals surface area (Å²) in [6, 6.07) is 15.4. The Labute approximate surface area is 394 Å². The molecule has 11 atom stereocenters. The molecule has 1 amide bonds. The van der Waals surface area contributed by atoms with Gasteiger partial charge in [0.25, 0.3) is 5.56 Å². The van der Waals surface area contributed by atoms with Crippen LogP contribution in [-0.2, 0) is 38.1 Å². The molecule has 3 aliphatic carbocycles. The van der Waals surface area contributed by atoms with Crippen molar-refractivity contribution in [3.63, 3.8) is 0 Å². The van der Waals surface area contributed by atoms with Gasteiger partial charge in [-0.2, -0.15) is 0 Å². The molecule has 21 heteroatoms. The molecule has 21 nitrogen and oxygen atoms in total. The minimum absolute atomic E-state index is 0.0637. The second-order valence-electron chi connectivity index (χ2n) is 19.4. The first-order valence-corrected chi connectivity index (χ1v) is 22.0. The Morgan fingerprint density at radius 1 is 0.913 bits per heavy atom. The van der Waals surface area contributed by atoms with E-state index in [1.165, 1.54) is 26.0 Å². The van der Waals surface area contributed by atoms with Crippen LogP contribution in [0.4, 0.5) is 4.79 Å². The number of ketones is 1. The van der Waals surface area contributed by atoms with E-state index in [-0.39, 0.29) is 29.7 Å². The number of H-pyrrole nitrogens is 2. The lowest BCUT2D eigenvalue weighted by Crippen LogP contribution is -2.81. The maximum Gasteiger partial charge on any atom is 0.408 e. The maximum absolute atomic E-state index is 14.9. The first-order valence-electron chi connectivity index (χ1n) is 22.0. The van der Waals surface area contributed by atoms with E-state index in [2.05, 4.69) is 5.32 Å². The molecule has 2 saturated carbocycles. The van der Waals surface area contributed by atoms with Crippen LogP contribution >= 0.6 is 0 Å². The fraction of sp³-hybridized carbons (Fsp3) is 0.500. The molecule has 2 bridgehead atoms. The summed E-state index contributed by atoms with van der Waals surface area (Å²) in [5.74, 6) is -6.70. The monoisotopic (exact) mass is 963 g/mol. The lowest BCUT2D eigenvalue weighted by atomic mass is 9.44. The number of aromatic amines is 2. The molecule has 4 aliphatic rings. The number of carbonyl (C=O) groups excluding carboxylic acids is 5. The van der Waals surface area contributed by atoms with Gasteiger partial charge >= 0.3 is 35.7 Å². The van der Waals surface area contributed by atoms with Crippen molar-refractivity contribution in [1.29, 1.82) is 0 Å². The number of benzene rings is 2. The normalized spacial score (nSPS) is 29.8. The summed E-state index contributed by atoms with van der Waals surface area (Å²) in [4.78, 5) is 104. The minimum atomic E-state index is -2.35. The Balaban J connectivity index is 0.000000626. The number of hydrogen-bond donors (Lipinski definition) is 8. The Hall–Kier alpha value is -6.52. The van der Waals surface area contributed by atoms with Gasteiger partial charge in [-0.1, -0.05) is 62.4 Å². The van der Waals surface area contributed by atoms with E-state index in [0.29, 0.717) is 5.56 Å². The van der Waals surface area contributed by atoms with Gasteiger partial charge in [-0.05, 0) is 63.5 Å². The lowest BCUT2D eigenvalue weighted by Gasteiger charge is -2.67. The standard InChI is InChI=1S/C43H53NO14.C5H4N2O4/c1-22-26(55-37(51)32(48)30(24-15-11-9-12-16-24)44-38(52)58-39(3,4)5)20-43(53)35(56-36(50)25-17-13-10-14-18-25)33-41(8,34(49)31(47)29(22)40(43,6)7)27(46)19-28-42(33,21-54-28)57-23(2)45;8-3-1-2(4(9)10)6-5(11)7-3/h9-18,26-28,30-33,35,46-48,53H,19-21H2,1-8H3,(H,44,52);1H,(H,9,10)(H2,6,7,8,11)/t26-,27-,28+,30-,31+,32+,33-,35-,41+,42-,43+;/m0./s1. The average molecular weight is 964 g/mol. The number of alkyl carbamates (subject to hydrolysis) is 1. The van der Waals surface area contributed by atoms with Crippen LogP contribution in [0.3, 0.4) is 0 Å². The summed E-state index contributed by atoms with van der Waals surface area (Å²) in [6.45, 7) is 11.8. The number of carbonyl (C=O) groups is 6. The summed E-state index contributed by atoms with van der Waals surface area (Å²) < 4.78 is 29.5. The highest BCUT2D eigenvalue weighted by molar-refractivity contribution is 5.94. The van der Waals surface area contributed by atoms with Crippen LogP contribution in [0.5, 0.6) is 0 Å². The minimum Gasteiger partial charge on any atom is -0.477 e. The van der Waals surface area contributed by atoms with Crippen LogP contribution in [0.25, 0.3) is 0 Å². The summed E-state index contributed by atoms with van der Waals surface area (Å²) in [6.07, 6.45) is -11.5. The van der Waals surface area contributed by atoms with Crippen molar-refractivity contribution >= 4 is 35.8 Å². The molecular weight excluding hydrogens is 907 g/mol. The number of esters is 3. The van der Waals surface area contributed by atoms with Crippen LogP contribution in [0.15, 0.2) is 87.5 Å². The quantitative estimate of drug-likeness (QED) is 0.0864. The molecular formula is C48H57N3O18. The molecule has 3 aromatic rings. The number of Topliss-reactive ketones (excluding diaryl/α,β-unsaturated/α-hetero) is 1. The smallest absolute Gasteiger partial charge is 0.408 e. The van der Waals surface area contributed by atoms with Gasteiger partial charge in [0.1, 0.15) is 41.3 Å². The van der Waals surface area contributed by atoms with Crippen LogP contribution < -0.4 is 16.6 Å². The second kappa shape index (κ2) is 19.1. The maximum atomic E-state index is 14.9. The number of aromatic nitrogens is 2. The van der Waals surface area contributed by atoms with E-state index in [9.17, 15) is 58.8 Å². The molecule has 2 aromatic carbocycles. The van der Waals surface area contributed by atoms with E-state index in [1.807, 2.05) is 9.97 Å². The van der Waals surface area contributed by atoms with Gasteiger partial charge in [0.15, 0.2) is 17.5 Å².